The lowest BCUT2D eigenvalue weighted by Crippen LogP contribution is -2.34. The molecule has 2 N–H and O–H groups in total. The van der Waals surface area contributed by atoms with Crippen LogP contribution in [0.4, 0.5) is 0 Å². The van der Waals surface area contributed by atoms with Gasteiger partial charge in [-0.1, -0.05) is 24.4 Å². The zero-order valence-electron chi connectivity index (χ0n) is 11.6. The van der Waals surface area contributed by atoms with Gasteiger partial charge in [-0.25, -0.2) is 0 Å². The van der Waals surface area contributed by atoms with Gasteiger partial charge in [0.15, 0.2) is 0 Å². The molecular weight excluding hydrogens is 256 g/mol. The van der Waals surface area contributed by atoms with E-state index in [-0.39, 0.29) is 0 Å². The van der Waals surface area contributed by atoms with Crippen LogP contribution in [-0.2, 0) is 0 Å². The summed E-state index contributed by atoms with van der Waals surface area (Å²) in [7, 11) is 2.16. The summed E-state index contributed by atoms with van der Waals surface area (Å²) in [5, 5.41) is 0. The van der Waals surface area contributed by atoms with Crippen LogP contribution in [0.1, 0.15) is 25.3 Å². The lowest BCUT2D eigenvalue weighted by atomic mass is 10.2. The quantitative estimate of drug-likeness (QED) is 0.778. The van der Waals surface area contributed by atoms with Crippen molar-refractivity contribution in [3.8, 4) is 5.75 Å². The standard InChI is InChI=1S/C15H22N2OS/c1-11(12-6-7-12)17(2)8-9-18-14-5-3-4-13(10-14)15(16)19/h3-5,10-12H,6-9H2,1-2H3,(H2,16,19). The third-order valence-corrected chi connectivity index (χ3v) is 4.07. The van der Waals surface area contributed by atoms with E-state index in [2.05, 4.69) is 18.9 Å². The Balaban J connectivity index is 1.78. The molecule has 0 saturated heterocycles. The molecule has 0 heterocycles. The second-order valence-corrected chi connectivity index (χ2v) is 5.74. The molecule has 104 valence electrons. The molecule has 1 atom stereocenters. The molecule has 0 aliphatic heterocycles. The van der Waals surface area contributed by atoms with Crippen molar-refractivity contribution < 1.29 is 4.74 Å². The molecule has 19 heavy (non-hydrogen) atoms. The molecule has 0 radical (unpaired) electrons. The summed E-state index contributed by atoms with van der Waals surface area (Å²) >= 11 is 4.96. The first-order chi connectivity index (χ1) is 9.08. The normalized spacial score (nSPS) is 16.4. The van der Waals surface area contributed by atoms with Crippen molar-refractivity contribution in [2.24, 2.45) is 11.7 Å². The molecule has 3 nitrogen and oxygen atoms in total. The van der Waals surface area contributed by atoms with Gasteiger partial charge < -0.3 is 15.4 Å². The molecule has 4 heteroatoms. The van der Waals surface area contributed by atoms with Crippen LogP contribution < -0.4 is 10.5 Å². The number of benzene rings is 1. The number of nitrogens with two attached hydrogens (primary N) is 1. The van der Waals surface area contributed by atoms with Crippen LogP contribution in [0, 0.1) is 5.92 Å². The van der Waals surface area contributed by atoms with E-state index in [1.165, 1.54) is 12.8 Å². The largest absolute Gasteiger partial charge is 0.492 e. The summed E-state index contributed by atoms with van der Waals surface area (Å²) in [5.41, 5.74) is 6.46. The van der Waals surface area contributed by atoms with Crippen LogP contribution >= 0.6 is 12.2 Å². The topological polar surface area (TPSA) is 38.5 Å². The predicted octanol–water partition coefficient (Wildman–Crippen LogP) is 2.43. The highest BCUT2D eigenvalue weighted by molar-refractivity contribution is 7.80. The summed E-state index contributed by atoms with van der Waals surface area (Å²) in [4.78, 5) is 2.78. The molecule has 1 aromatic rings. The average Bonchev–Trinajstić information content (AvgIpc) is 3.22. The van der Waals surface area contributed by atoms with Crippen molar-refractivity contribution >= 4 is 17.2 Å². The van der Waals surface area contributed by atoms with Gasteiger partial charge >= 0.3 is 0 Å². The highest BCUT2D eigenvalue weighted by Gasteiger charge is 2.30. The Bertz CT molecular complexity index is 446. The van der Waals surface area contributed by atoms with Crippen molar-refractivity contribution in [1.29, 1.82) is 0 Å². The Hall–Kier alpha value is -1.13. The molecule has 1 fully saturated rings. The second kappa shape index (κ2) is 6.35. The summed E-state index contributed by atoms with van der Waals surface area (Å²) < 4.78 is 5.76. The summed E-state index contributed by atoms with van der Waals surface area (Å²) in [6.07, 6.45) is 2.75. The minimum Gasteiger partial charge on any atom is -0.492 e. The number of nitrogens with zero attached hydrogens (tertiary/aromatic N) is 1. The molecule has 1 aliphatic rings. The summed E-state index contributed by atoms with van der Waals surface area (Å²) in [6.45, 7) is 3.93. The monoisotopic (exact) mass is 278 g/mol. The van der Waals surface area contributed by atoms with E-state index < -0.39 is 0 Å². The molecule has 1 aromatic carbocycles. The number of ether oxygens (including phenoxy) is 1. The molecule has 1 aliphatic carbocycles. The number of thiocarbonyl (C=S) groups is 1. The second-order valence-electron chi connectivity index (χ2n) is 5.30. The van der Waals surface area contributed by atoms with Gasteiger partial charge in [0, 0.05) is 18.2 Å². The van der Waals surface area contributed by atoms with E-state index in [4.69, 9.17) is 22.7 Å². The van der Waals surface area contributed by atoms with Crippen LogP contribution in [0.15, 0.2) is 24.3 Å². The zero-order chi connectivity index (χ0) is 13.8. The molecule has 0 bridgehead atoms. The number of hydrogen-bond acceptors (Lipinski definition) is 3. The van der Waals surface area contributed by atoms with Gasteiger partial charge in [-0.2, -0.15) is 0 Å². The first kappa shape index (κ1) is 14.3. The maximum Gasteiger partial charge on any atom is 0.120 e. The predicted molar refractivity (Wildman–Crippen MR) is 82.6 cm³/mol. The van der Waals surface area contributed by atoms with E-state index in [1.807, 2.05) is 24.3 Å². The van der Waals surface area contributed by atoms with Crippen LogP contribution in [0.5, 0.6) is 5.75 Å². The molecule has 1 saturated carbocycles. The maximum absolute atomic E-state index is 5.76. The van der Waals surface area contributed by atoms with Crippen molar-refractivity contribution in [3.05, 3.63) is 29.8 Å². The molecule has 1 unspecified atom stereocenters. The van der Waals surface area contributed by atoms with Gasteiger partial charge in [0.1, 0.15) is 17.3 Å². The maximum atomic E-state index is 5.76. The SMILES string of the molecule is CC(C1CC1)N(C)CCOc1cccc(C(N)=S)c1. The molecular formula is C15H22N2OS. The molecule has 0 spiro atoms. The Morgan fingerprint density at radius 1 is 1.53 bits per heavy atom. The van der Waals surface area contributed by atoms with Crippen molar-refractivity contribution in [2.45, 2.75) is 25.8 Å². The minimum absolute atomic E-state index is 0.407. The highest BCUT2D eigenvalue weighted by atomic mass is 32.1. The number of likely N-dealkylation sites (N-methyl/N-ethyl adjacent to an activating group) is 1. The Kier molecular flexibility index (Phi) is 4.77. The summed E-state index contributed by atoms with van der Waals surface area (Å²) in [6, 6.07) is 8.31. The van der Waals surface area contributed by atoms with Crippen LogP contribution in [0.2, 0.25) is 0 Å². The van der Waals surface area contributed by atoms with E-state index >= 15 is 0 Å². The van der Waals surface area contributed by atoms with Crippen molar-refractivity contribution in [1.82, 2.24) is 4.90 Å². The highest BCUT2D eigenvalue weighted by Crippen LogP contribution is 2.34. The zero-order valence-corrected chi connectivity index (χ0v) is 12.5. The lowest BCUT2D eigenvalue weighted by molar-refractivity contribution is 0.186. The van der Waals surface area contributed by atoms with E-state index in [1.54, 1.807) is 0 Å². The Labute approximate surface area is 120 Å². The number of hydrogen-bond donors (Lipinski definition) is 1. The van der Waals surface area contributed by atoms with Gasteiger partial charge in [0.05, 0.1) is 0 Å². The van der Waals surface area contributed by atoms with E-state index in [9.17, 15) is 0 Å². The molecule has 0 aromatic heterocycles. The van der Waals surface area contributed by atoms with Gasteiger partial charge in [0.2, 0.25) is 0 Å². The average molecular weight is 278 g/mol. The van der Waals surface area contributed by atoms with Gasteiger partial charge in [-0.15, -0.1) is 0 Å². The fourth-order valence-electron chi connectivity index (χ4n) is 2.19. The lowest BCUT2D eigenvalue weighted by Gasteiger charge is -2.24. The first-order valence-corrected chi connectivity index (χ1v) is 7.21. The smallest absolute Gasteiger partial charge is 0.120 e. The van der Waals surface area contributed by atoms with Crippen LogP contribution in [-0.4, -0.2) is 36.1 Å². The fourth-order valence-corrected chi connectivity index (χ4v) is 2.32. The molecule has 0 amide bonds. The first-order valence-electron chi connectivity index (χ1n) is 6.81. The van der Waals surface area contributed by atoms with Crippen molar-refractivity contribution in [3.63, 3.8) is 0 Å². The van der Waals surface area contributed by atoms with Gasteiger partial charge in [-0.05, 0) is 44.9 Å². The van der Waals surface area contributed by atoms with Crippen LogP contribution in [0.3, 0.4) is 0 Å². The Morgan fingerprint density at radius 3 is 2.89 bits per heavy atom. The molecule has 2 rings (SSSR count). The Morgan fingerprint density at radius 2 is 2.26 bits per heavy atom. The van der Waals surface area contributed by atoms with E-state index in [0.29, 0.717) is 17.6 Å². The van der Waals surface area contributed by atoms with Gasteiger partial charge in [-0.3, -0.25) is 0 Å². The van der Waals surface area contributed by atoms with Gasteiger partial charge in [0.25, 0.3) is 0 Å². The third kappa shape index (κ3) is 4.18. The van der Waals surface area contributed by atoms with E-state index in [0.717, 1.165) is 23.8 Å². The summed E-state index contributed by atoms with van der Waals surface area (Å²) in [5.74, 6) is 1.72. The van der Waals surface area contributed by atoms with Crippen molar-refractivity contribution in [2.75, 3.05) is 20.2 Å². The third-order valence-electron chi connectivity index (χ3n) is 3.83. The van der Waals surface area contributed by atoms with Crippen LogP contribution in [0.25, 0.3) is 0 Å². The fraction of sp³-hybridized carbons (Fsp3) is 0.533. The minimum atomic E-state index is 0.407. The number of rotatable bonds is 7.